The number of Topliss-reactive ketones (excluding diaryl/α,β-unsaturated/α-hetero) is 1. The standard InChI is InChI=1S/C17H21NO3S/c1-11(18(5)16(20)21-17(2,3)4)15(19)13-7-6-12-8-9-22-14(12)10-13/h6-11H,1-5H3. The third-order valence-electron chi connectivity index (χ3n) is 3.38. The van der Waals surface area contributed by atoms with Crippen LogP contribution in [0.1, 0.15) is 38.1 Å². The Morgan fingerprint density at radius 3 is 2.55 bits per heavy atom. The predicted octanol–water partition coefficient (Wildman–Crippen LogP) is 4.34. The summed E-state index contributed by atoms with van der Waals surface area (Å²) in [5, 5.41) is 3.12. The van der Waals surface area contributed by atoms with E-state index in [1.165, 1.54) is 4.90 Å². The van der Waals surface area contributed by atoms with Crippen molar-refractivity contribution in [2.24, 2.45) is 0 Å². The Hall–Kier alpha value is -1.88. The lowest BCUT2D eigenvalue weighted by atomic mass is 10.0. The zero-order chi connectivity index (χ0) is 16.5. The van der Waals surface area contributed by atoms with Crippen molar-refractivity contribution >= 4 is 33.3 Å². The molecule has 0 aliphatic heterocycles. The maximum Gasteiger partial charge on any atom is 0.410 e. The summed E-state index contributed by atoms with van der Waals surface area (Å²) in [6.45, 7) is 7.12. The molecule has 5 heteroatoms. The van der Waals surface area contributed by atoms with Crippen molar-refractivity contribution in [3.05, 3.63) is 35.2 Å². The molecule has 1 unspecified atom stereocenters. The van der Waals surface area contributed by atoms with Gasteiger partial charge in [0.2, 0.25) is 0 Å². The van der Waals surface area contributed by atoms with Gasteiger partial charge in [0, 0.05) is 17.3 Å². The van der Waals surface area contributed by atoms with E-state index in [-0.39, 0.29) is 5.78 Å². The highest BCUT2D eigenvalue weighted by Crippen LogP contribution is 2.23. The number of ether oxygens (including phenoxy) is 1. The van der Waals surface area contributed by atoms with Gasteiger partial charge in [-0.25, -0.2) is 4.79 Å². The molecule has 4 nitrogen and oxygen atoms in total. The predicted molar refractivity (Wildman–Crippen MR) is 89.6 cm³/mol. The summed E-state index contributed by atoms with van der Waals surface area (Å²) in [6.07, 6.45) is -0.495. The normalized spacial score (nSPS) is 13.0. The molecule has 118 valence electrons. The number of rotatable bonds is 3. The van der Waals surface area contributed by atoms with Gasteiger partial charge in [-0.2, -0.15) is 0 Å². The molecule has 0 bridgehead atoms. The fraction of sp³-hybridized carbons (Fsp3) is 0.412. The maximum atomic E-state index is 12.6. The molecular weight excluding hydrogens is 298 g/mol. The van der Waals surface area contributed by atoms with E-state index in [1.54, 1.807) is 52.1 Å². The minimum absolute atomic E-state index is 0.0938. The monoisotopic (exact) mass is 319 g/mol. The molecule has 1 aromatic carbocycles. The average molecular weight is 319 g/mol. The summed E-state index contributed by atoms with van der Waals surface area (Å²) < 4.78 is 6.37. The number of carbonyl (C=O) groups is 2. The molecule has 0 saturated heterocycles. The van der Waals surface area contributed by atoms with Crippen LogP contribution in [0.15, 0.2) is 29.6 Å². The van der Waals surface area contributed by atoms with Crippen LogP contribution in [-0.4, -0.2) is 35.5 Å². The number of benzene rings is 1. The molecule has 0 N–H and O–H groups in total. The van der Waals surface area contributed by atoms with E-state index in [1.807, 2.05) is 23.6 Å². The van der Waals surface area contributed by atoms with Crippen LogP contribution in [0.4, 0.5) is 4.79 Å². The molecule has 1 amide bonds. The number of fused-ring (bicyclic) bond motifs is 1. The number of carbonyl (C=O) groups excluding carboxylic acids is 2. The fourth-order valence-electron chi connectivity index (χ4n) is 2.02. The van der Waals surface area contributed by atoms with Gasteiger partial charge in [-0.15, -0.1) is 11.3 Å². The van der Waals surface area contributed by atoms with Gasteiger partial charge in [-0.05, 0) is 50.6 Å². The zero-order valence-electron chi connectivity index (χ0n) is 13.5. The van der Waals surface area contributed by atoms with Gasteiger partial charge in [-0.1, -0.05) is 12.1 Å². The Labute approximate surface area is 134 Å². The van der Waals surface area contributed by atoms with E-state index in [0.717, 1.165) is 10.1 Å². The highest BCUT2D eigenvalue weighted by molar-refractivity contribution is 7.17. The average Bonchev–Trinajstić information content (AvgIpc) is 2.90. The van der Waals surface area contributed by atoms with E-state index in [9.17, 15) is 9.59 Å². The summed E-state index contributed by atoms with van der Waals surface area (Å²) in [5.41, 5.74) is 0.0298. The second kappa shape index (κ2) is 6.08. The summed E-state index contributed by atoms with van der Waals surface area (Å²) in [5.74, 6) is -0.0938. The number of thiophene rings is 1. The summed E-state index contributed by atoms with van der Waals surface area (Å²) in [7, 11) is 1.58. The number of likely N-dealkylation sites (N-methyl/N-ethyl adjacent to an activating group) is 1. The highest BCUT2D eigenvalue weighted by atomic mass is 32.1. The lowest BCUT2D eigenvalue weighted by Gasteiger charge is -2.28. The first-order chi connectivity index (χ1) is 10.2. The van der Waals surface area contributed by atoms with E-state index >= 15 is 0 Å². The lowest BCUT2D eigenvalue weighted by molar-refractivity contribution is 0.0231. The van der Waals surface area contributed by atoms with Gasteiger partial charge in [0.1, 0.15) is 5.60 Å². The van der Waals surface area contributed by atoms with Crippen LogP contribution in [0.3, 0.4) is 0 Å². The smallest absolute Gasteiger partial charge is 0.410 e. The van der Waals surface area contributed by atoms with Gasteiger partial charge < -0.3 is 9.64 Å². The van der Waals surface area contributed by atoms with E-state index < -0.39 is 17.7 Å². The molecular formula is C17H21NO3S. The number of ketones is 1. The minimum Gasteiger partial charge on any atom is -0.444 e. The second-order valence-electron chi connectivity index (χ2n) is 6.30. The number of hydrogen-bond donors (Lipinski definition) is 0. The summed E-state index contributed by atoms with van der Waals surface area (Å²) >= 11 is 1.60. The molecule has 0 fully saturated rings. The van der Waals surface area contributed by atoms with E-state index in [4.69, 9.17) is 4.74 Å². The van der Waals surface area contributed by atoms with Crippen LogP contribution in [0.2, 0.25) is 0 Å². The first kappa shape index (κ1) is 16.5. The van der Waals surface area contributed by atoms with E-state index in [0.29, 0.717) is 5.56 Å². The largest absolute Gasteiger partial charge is 0.444 e. The van der Waals surface area contributed by atoms with Crippen molar-refractivity contribution in [1.82, 2.24) is 4.90 Å². The number of hydrogen-bond acceptors (Lipinski definition) is 4. The first-order valence-corrected chi connectivity index (χ1v) is 8.04. The SMILES string of the molecule is CC(C(=O)c1ccc2ccsc2c1)N(C)C(=O)OC(C)(C)C. The van der Waals surface area contributed by atoms with Gasteiger partial charge >= 0.3 is 6.09 Å². The van der Waals surface area contributed by atoms with Crippen LogP contribution in [0.5, 0.6) is 0 Å². The molecule has 0 saturated carbocycles. The topological polar surface area (TPSA) is 46.6 Å². The molecule has 0 radical (unpaired) electrons. The van der Waals surface area contributed by atoms with Gasteiger partial charge in [-0.3, -0.25) is 4.79 Å². The third-order valence-corrected chi connectivity index (χ3v) is 4.26. The van der Waals surface area contributed by atoms with Crippen molar-refractivity contribution in [3.63, 3.8) is 0 Å². The lowest BCUT2D eigenvalue weighted by Crippen LogP contribution is -2.43. The van der Waals surface area contributed by atoms with Crippen molar-refractivity contribution < 1.29 is 14.3 Å². The van der Waals surface area contributed by atoms with Gasteiger partial charge in [0.05, 0.1) is 6.04 Å². The third kappa shape index (κ3) is 3.65. The molecule has 0 aliphatic carbocycles. The Morgan fingerprint density at radius 2 is 1.91 bits per heavy atom. The number of nitrogens with zero attached hydrogens (tertiary/aromatic N) is 1. The zero-order valence-corrected chi connectivity index (χ0v) is 14.4. The molecule has 2 rings (SSSR count). The summed E-state index contributed by atoms with van der Waals surface area (Å²) in [6, 6.07) is 7.05. The molecule has 1 aromatic heterocycles. The minimum atomic E-state index is -0.579. The van der Waals surface area contributed by atoms with Crippen molar-refractivity contribution in [2.75, 3.05) is 7.05 Å². The van der Waals surface area contributed by atoms with Crippen LogP contribution in [0, 0.1) is 0 Å². The summed E-state index contributed by atoms with van der Waals surface area (Å²) in [4.78, 5) is 26.0. The molecule has 0 aliphatic rings. The fourth-order valence-corrected chi connectivity index (χ4v) is 2.85. The molecule has 1 atom stereocenters. The highest BCUT2D eigenvalue weighted by Gasteiger charge is 2.27. The van der Waals surface area contributed by atoms with Gasteiger partial charge in [0.25, 0.3) is 0 Å². The van der Waals surface area contributed by atoms with Crippen LogP contribution in [0.25, 0.3) is 10.1 Å². The van der Waals surface area contributed by atoms with Crippen LogP contribution >= 0.6 is 11.3 Å². The van der Waals surface area contributed by atoms with Gasteiger partial charge in [0.15, 0.2) is 5.78 Å². The molecule has 22 heavy (non-hydrogen) atoms. The molecule has 1 heterocycles. The number of amides is 1. The van der Waals surface area contributed by atoms with Crippen molar-refractivity contribution in [1.29, 1.82) is 0 Å². The van der Waals surface area contributed by atoms with Crippen LogP contribution < -0.4 is 0 Å². The van der Waals surface area contributed by atoms with Crippen molar-refractivity contribution in [2.45, 2.75) is 39.3 Å². The van der Waals surface area contributed by atoms with Crippen molar-refractivity contribution in [3.8, 4) is 0 Å². The Balaban J connectivity index is 2.15. The van der Waals surface area contributed by atoms with E-state index in [2.05, 4.69) is 0 Å². The van der Waals surface area contributed by atoms with Crippen LogP contribution in [-0.2, 0) is 4.74 Å². The Kier molecular flexibility index (Phi) is 4.56. The second-order valence-corrected chi connectivity index (χ2v) is 7.25. The first-order valence-electron chi connectivity index (χ1n) is 7.16. The maximum absolute atomic E-state index is 12.6. The molecule has 0 spiro atoms. The quantitative estimate of drug-likeness (QED) is 0.791. The Bertz CT molecular complexity index is 699. The Morgan fingerprint density at radius 1 is 1.23 bits per heavy atom. The molecule has 2 aromatic rings.